The number of methoxy groups -OCH3 is 1. The zero-order chi connectivity index (χ0) is 16.9. The molecule has 0 atom stereocenters. The summed E-state index contributed by atoms with van der Waals surface area (Å²) in [5, 5.41) is 12.1. The minimum Gasteiger partial charge on any atom is -0.493 e. The molecule has 1 heterocycles. The van der Waals surface area contributed by atoms with E-state index in [0.717, 1.165) is 0 Å². The number of ether oxygens (including phenoxy) is 3. The van der Waals surface area contributed by atoms with Crippen molar-refractivity contribution in [2.75, 3.05) is 26.9 Å². The van der Waals surface area contributed by atoms with Crippen molar-refractivity contribution in [1.82, 2.24) is 5.32 Å². The van der Waals surface area contributed by atoms with Gasteiger partial charge in [-0.05, 0) is 25.1 Å². The smallest absolute Gasteiger partial charge is 0.329 e. The summed E-state index contributed by atoms with van der Waals surface area (Å²) in [6, 6.07) is 4.75. The number of amides is 1. The lowest BCUT2D eigenvalue weighted by Gasteiger charge is -2.33. The van der Waals surface area contributed by atoms with Crippen LogP contribution < -0.4 is 14.8 Å². The molecule has 23 heavy (non-hydrogen) atoms. The highest BCUT2D eigenvalue weighted by atomic mass is 16.5. The molecule has 1 aromatic carbocycles. The van der Waals surface area contributed by atoms with Crippen LogP contribution in [-0.4, -0.2) is 49.5 Å². The summed E-state index contributed by atoms with van der Waals surface area (Å²) in [7, 11) is 1.48. The third-order valence-corrected chi connectivity index (χ3v) is 3.83. The summed E-state index contributed by atoms with van der Waals surface area (Å²) in [5.74, 6) is -0.552. The van der Waals surface area contributed by atoms with Gasteiger partial charge in [0.25, 0.3) is 5.91 Å². The molecule has 2 rings (SSSR count). The Kier molecular flexibility index (Phi) is 5.44. The summed E-state index contributed by atoms with van der Waals surface area (Å²) in [6.07, 6.45) is 0.477. The molecule has 1 amide bonds. The number of carbonyl (C=O) groups excluding carboxylic acids is 1. The molecule has 0 spiro atoms. The number of rotatable bonds is 6. The Balaban J connectivity index is 2.20. The summed E-state index contributed by atoms with van der Waals surface area (Å²) in [6.45, 7) is 2.93. The van der Waals surface area contributed by atoms with E-state index in [0.29, 0.717) is 36.9 Å². The van der Waals surface area contributed by atoms with Crippen LogP contribution in [0.4, 0.5) is 0 Å². The van der Waals surface area contributed by atoms with Crippen molar-refractivity contribution in [3.8, 4) is 11.5 Å². The van der Waals surface area contributed by atoms with Crippen LogP contribution in [0.3, 0.4) is 0 Å². The molecule has 1 fully saturated rings. The van der Waals surface area contributed by atoms with Crippen LogP contribution >= 0.6 is 0 Å². The van der Waals surface area contributed by atoms with E-state index in [1.807, 2.05) is 6.92 Å². The fourth-order valence-corrected chi connectivity index (χ4v) is 2.49. The Hall–Kier alpha value is -2.28. The van der Waals surface area contributed by atoms with Crippen LogP contribution in [0, 0.1) is 0 Å². The Bertz CT molecular complexity index is 580. The molecule has 0 bridgehead atoms. The van der Waals surface area contributed by atoms with Crippen molar-refractivity contribution < 1.29 is 28.9 Å². The molecule has 1 aromatic rings. The van der Waals surface area contributed by atoms with Gasteiger partial charge in [-0.15, -0.1) is 0 Å². The van der Waals surface area contributed by atoms with Gasteiger partial charge in [0.05, 0.1) is 13.7 Å². The van der Waals surface area contributed by atoms with E-state index in [1.54, 1.807) is 12.1 Å². The molecule has 0 aliphatic carbocycles. The van der Waals surface area contributed by atoms with Crippen LogP contribution in [-0.2, 0) is 9.53 Å². The van der Waals surface area contributed by atoms with E-state index in [9.17, 15) is 14.7 Å². The molecular formula is C16H21NO6. The Morgan fingerprint density at radius 1 is 1.30 bits per heavy atom. The van der Waals surface area contributed by atoms with E-state index >= 15 is 0 Å². The molecule has 7 nitrogen and oxygen atoms in total. The van der Waals surface area contributed by atoms with Crippen molar-refractivity contribution in [3.05, 3.63) is 23.8 Å². The molecule has 1 aliphatic heterocycles. The van der Waals surface area contributed by atoms with Crippen LogP contribution in [0.15, 0.2) is 18.2 Å². The van der Waals surface area contributed by atoms with E-state index in [4.69, 9.17) is 14.2 Å². The summed E-state index contributed by atoms with van der Waals surface area (Å²) in [5.41, 5.74) is -0.973. The highest BCUT2D eigenvalue weighted by Gasteiger charge is 2.41. The lowest BCUT2D eigenvalue weighted by atomic mass is 9.89. The van der Waals surface area contributed by atoms with Crippen LogP contribution in [0.2, 0.25) is 0 Å². The van der Waals surface area contributed by atoms with Crippen molar-refractivity contribution in [3.63, 3.8) is 0 Å². The van der Waals surface area contributed by atoms with Crippen molar-refractivity contribution in [2.45, 2.75) is 25.3 Å². The van der Waals surface area contributed by atoms with E-state index in [2.05, 4.69) is 5.32 Å². The number of carbonyl (C=O) groups is 2. The summed E-state index contributed by atoms with van der Waals surface area (Å²) >= 11 is 0. The number of aliphatic carboxylic acids is 1. The third-order valence-electron chi connectivity index (χ3n) is 3.83. The maximum atomic E-state index is 12.4. The predicted molar refractivity (Wildman–Crippen MR) is 82.0 cm³/mol. The molecule has 0 saturated carbocycles. The quantitative estimate of drug-likeness (QED) is 0.823. The molecule has 0 radical (unpaired) electrons. The van der Waals surface area contributed by atoms with E-state index in [-0.39, 0.29) is 12.8 Å². The van der Waals surface area contributed by atoms with Gasteiger partial charge in [0.2, 0.25) is 0 Å². The van der Waals surface area contributed by atoms with E-state index < -0.39 is 17.4 Å². The van der Waals surface area contributed by atoms with Crippen LogP contribution in [0.25, 0.3) is 0 Å². The molecule has 0 aromatic heterocycles. The molecule has 2 N–H and O–H groups in total. The fraction of sp³-hybridized carbons (Fsp3) is 0.500. The highest BCUT2D eigenvalue weighted by molar-refractivity contribution is 5.98. The molecule has 7 heteroatoms. The number of nitrogens with one attached hydrogen (secondary N) is 1. The first kappa shape index (κ1) is 17.1. The van der Waals surface area contributed by atoms with E-state index in [1.165, 1.54) is 13.2 Å². The third kappa shape index (κ3) is 3.73. The number of hydrogen-bond donors (Lipinski definition) is 2. The number of carboxylic acids is 1. The highest BCUT2D eigenvalue weighted by Crippen LogP contribution is 2.29. The molecule has 0 unspecified atom stereocenters. The Morgan fingerprint density at radius 2 is 2.00 bits per heavy atom. The first-order valence-electron chi connectivity index (χ1n) is 7.47. The first-order valence-corrected chi connectivity index (χ1v) is 7.47. The monoisotopic (exact) mass is 323 g/mol. The van der Waals surface area contributed by atoms with Gasteiger partial charge in [0.1, 0.15) is 5.54 Å². The minimum absolute atomic E-state index is 0.238. The zero-order valence-electron chi connectivity index (χ0n) is 13.3. The number of benzene rings is 1. The topological polar surface area (TPSA) is 94.1 Å². The number of carboxylic acid groups (broad SMARTS) is 1. The normalized spacial score (nSPS) is 16.4. The molecule has 1 saturated heterocycles. The second-order valence-corrected chi connectivity index (χ2v) is 5.25. The SMILES string of the molecule is CCOc1ccc(C(=O)NC2(C(=O)O)CCOCC2)cc1OC. The second kappa shape index (κ2) is 7.32. The van der Waals surface area contributed by atoms with Gasteiger partial charge in [-0.2, -0.15) is 0 Å². The average Bonchev–Trinajstić information content (AvgIpc) is 2.56. The fourth-order valence-electron chi connectivity index (χ4n) is 2.49. The van der Waals surface area contributed by atoms with Gasteiger partial charge in [0.15, 0.2) is 11.5 Å². The van der Waals surface area contributed by atoms with Gasteiger partial charge < -0.3 is 24.6 Å². The average molecular weight is 323 g/mol. The summed E-state index contributed by atoms with van der Waals surface area (Å²) in [4.78, 5) is 24.0. The van der Waals surface area contributed by atoms with Gasteiger partial charge in [0, 0.05) is 31.6 Å². The lowest BCUT2D eigenvalue weighted by Crippen LogP contribution is -2.57. The Labute approximate surface area is 134 Å². The lowest BCUT2D eigenvalue weighted by molar-refractivity contribution is -0.148. The maximum Gasteiger partial charge on any atom is 0.329 e. The second-order valence-electron chi connectivity index (χ2n) is 5.25. The maximum absolute atomic E-state index is 12.4. The van der Waals surface area contributed by atoms with Crippen molar-refractivity contribution in [2.24, 2.45) is 0 Å². The number of hydrogen-bond acceptors (Lipinski definition) is 5. The van der Waals surface area contributed by atoms with Crippen molar-refractivity contribution in [1.29, 1.82) is 0 Å². The van der Waals surface area contributed by atoms with Crippen LogP contribution in [0.5, 0.6) is 11.5 Å². The molecular weight excluding hydrogens is 302 g/mol. The predicted octanol–water partition coefficient (Wildman–Crippen LogP) is 1.46. The zero-order valence-corrected chi connectivity index (χ0v) is 13.3. The minimum atomic E-state index is -1.29. The van der Waals surface area contributed by atoms with Crippen molar-refractivity contribution >= 4 is 11.9 Å². The van der Waals surface area contributed by atoms with Gasteiger partial charge in [-0.3, -0.25) is 4.79 Å². The largest absolute Gasteiger partial charge is 0.493 e. The van der Waals surface area contributed by atoms with Gasteiger partial charge in [-0.25, -0.2) is 4.79 Å². The van der Waals surface area contributed by atoms with Gasteiger partial charge >= 0.3 is 5.97 Å². The van der Waals surface area contributed by atoms with Gasteiger partial charge in [-0.1, -0.05) is 0 Å². The molecule has 1 aliphatic rings. The van der Waals surface area contributed by atoms with Crippen LogP contribution in [0.1, 0.15) is 30.1 Å². The molecule has 126 valence electrons. The Morgan fingerprint density at radius 3 is 2.57 bits per heavy atom. The standard InChI is InChI=1S/C16H21NO6/c1-3-23-12-5-4-11(10-13(12)21-2)14(18)17-16(15(19)20)6-8-22-9-7-16/h4-5,10H,3,6-9H2,1-2H3,(H,17,18)(H,19,20). The first-order chi connectivity index (χ1) is 11.0. The summed E-state index contributed by atoms with van der Waals surface area (Å²) < 4.78 is 15.8.